The van der Waals surface area contributed by atoms with E-state index in [1.54, 1.807) is 12.1 Å². The molecule has 0 aliphatic heterocycles. The molecule has 0 atom stereocenters. The number of imidazole rings is 1. The molecule has 0 spiro atoms. The van der Waals surface area contributed by atoms with Gasteiger partial charge in [-0.3, -0.25) is 4.79 Å². The lowest BCUT2D eigenvalue weighted by Gasteiger charge is -2.02. The molecular formula is C22H23BrCl2N6O5. The summed E-state index contributed by atoms with van der Waals surface area (Å²) in [7, 11) is 2.47. The Balaban J connectivity index is 0.000000295. The number of hydrogen-bond acceptors (Lipinski definition) is 10. The Bertz CT molecular complexity index is 1300. The fourth-order valence-corrected chi connectivity index (χ4v) is 2.92. The maximum absolute atomic E-state index is 11.4. The summed E-state index contributed by atoms with van der Waals surface area (Å²) >= 11 is 14.3. The zero-order valence-corrected chi connectivity index (χ0v) is 22.9. The second kappa shape index (κ2) is 14.3. The number of nitrogens with two attached hydrogens (primary N) is 1. The summed E-state index contributed by atoms with van der Waals surface area (Å²) in [5, 5.41) is 11.9. The lowest BCUT2D eigenvalue weighted by atomic mass is 10.1. The first-order chi connectivity index (χ1) is 16.9. The summed E-state index contributed by atoms with van der Waals surface area (Å²) < 4.78 is 10.1. The molecule has 3 aromatic rings. The number of carbonyl (C=O) groups is 3. The Labute approximate surface area is 225 Å². The van der Waals surface area contributed by atoms with E-state index in [-0.39, 0.29) is 11.0 Å². The average Bonchev–Trinajstić information content (AvgIpc) is 3.27. The van der Waals surface area contributed by atoms with E-state index in [1.807, 2.05) is 13.8 Å². The number of anilines is 1. The lowest BCUT2D eigenvalue weighted by Crippen LogP contribution is -2.15. The quantitative estimate of drug-likeness (QED) is 0.257. The van der Waals surface area contributed by atoms with E-state index in [4.69, 9.17) is 28.9 Å². The number of methoxy groups -OCH3 is 2. The van der Waals surface area contributed by atoms with Crippen LogP contribution in [0.2, 0.25) is 10.3 Å². The minimum absolute atomic E-state index is 0.0275. The van der Waals surface area contributed by atoms with Gasteiger partial charge < -0.3 is 15.2 Å². The molecule has 0 fully saturated rings. The van der Waals surface area contributed by atoms with Crippen LogP contribution in [0.25, 0.3) is 16.8 Å². The van der Waals surface area contributed by atoms with Gasteiger partial charge in [0.05, 0.1) is 25.7 Å². The molecule has 0 amide bonds. The molecule has 0 unspecified atom stereocenters. The molecule has 3 rings (SSSR count). The van der Waals surface area contributed by atoms with Gasteiger partial charge in [0.2, 0.25) is 5.78 Å². The van der Waals surface area contributed by atoms with Crippen LogP contribution in [0.4, 0.5) is 5.82 Å². The normalized spacial score (nSPS) is 9.75. The minimum atomic E-state index is -0.804. The number of allylic oxidation sites excluding steroid dienone is 2. The van der Waals surface area contributed by atoms with E-state index in [2.05, 4.69) is 58.8 Å². The lowest BCUT2D eigenvalue weighted by molar-refractivity contribution is -0.150. The third-order valence-electron chi connectivity index (χ3n) is 4.04. The van der Waals surface area contributed by atoms with Crippen molar-refractivity contribution in [2.75, 3.05) is 25.3 Å². The number of aromatic nitrogens is 5. The summed E-state index contributed by atoms with van der Waals surface area (Å²) in [6.45, 7) is 11.2. The summed E-state index contributed by atoms with van der Waals surface area (Å²) in [5.74, 6) is -1.52. The number of nitrogens with zero attached hydrogens (tertiary/aromatic N) is 5. The monoisotopic (exact) mass is 600 g/mol. The van der Waals surface area contributed by atoms with Crippen LogP contribution in [0.15, 0.2) is 31.5 Å². The average molecular weight is 602 g/mol. The van der Waals surface area contributed by atoms with E-state index in [0.717, 1.165) is 22.3 Å². The highest BCUT2D eigenvalue weighted by molar-refractivity contribution is 9.09. The number of hydrogen-bond donors (Lipinski definition) is 1. The number of rotatable bonds is 5. The Hall–Kier alpha value is -3.35. The van der Waals surface area contributed by atoms with E-state index in [1.165, 1.54) is 24.9 Å². The second-order valence-corrected chi connectivity index (χ2v) is 8.18. The largest absolute Gasteiger partial charge is 0.464 e. The Morgan fingerprint density at radius 3 is 2.06 bits per heavy atom. The maximum Gasteiger partial charge on any atom is 0.375 e. The number of ether oxygens (including phenoxy) is 2. The zero-order valence-electron chi connectivity index (χ0n) is 19.8. The van der Waals surface area contributed by atoms with Crippen molar-refractivity contribution in [2.24, 2.45) is 0 Å². The van der Waals surface area contributed by atoms with E-state index >= 15 is 0 Å². The van der Waals surface area contributed by atoms with Gasteiger partial charge in [0, 0.05) is 11.1 Å². The number of nitrogen functional groups attached to an aromatic ring is 1. The van der Waals surface area contributed by atoms with Crippen molar-refractivity contribution in [3.8, 4) is 0 Å². The van der Waals surface area contributed by atoms with Gasteiger partial charge in [-0.1, -0.05) is 52.3 Å². The molecule has 0 aromatic carbocycles. The molecule has 3 aromatic heterocycles. The summed E-state index contributed by atoms with van der Waals surface area (Å²) in [6.07, 6.45) is 1.47. The third-order valence-corrected chi connectivity index (χ3v) is 4.92. The first-order valence-electron chi connectivity index (χ1n) is 9.77. The smallest absolute Gasteiger partial charge is 0.375 e. The van der Waals surface area contributed by atoms with Gasteiger partial charge in [-0.05, 0) is 37.1 Å². The van der Waals surface area contributed by atoms with Crippen LogP contribution in [0.5, 0.6) is 0 Å². The highest BCUT2D eigenvalue weighted by atomic mass is 79.9. The van der Waals surface area contributed by atoms with Gasteiger partial charge in [-0.2, -0.15) is 5.10 Å². The van der Waals surface area contributed by atoms with Crippen molar-refractivity contribution in [2.45, 2.75) is 13.8 Å². The molecule has 14 heteroatoms. The van der Waals surface area contributed by atoms with Crippen molar-refractivity contribution in [1.29, 1.82) is 0 Å². The summed E-state index contributed by atoms with van der Waals surface area (Å²) in [6, 6.07) is 3.31. The maximum atomic E-state index is 11.4. The number of ketones is 1. The van der Waals surface area contributed by atoms with Crippen molar-refractivity contribution < 1.29 is 23.9 Å². The topological polar surface area (TPSA) is 152 Å². The van der Waals surface area contributed by atoms with Crippen molar-refractivity contribution >= 4 is 79.5 Å². The summed E-state index contributed by atoms with van der Waals surface area (Å²) in [5.41, 5.74) is 9.34. The Morgan fingerprint density at radius 2 is 1.61 bits per heavy atom. The molecule has 3 heterocycles. The minimum Gasteiger partial charge on any atom is -0.464 e. The highest BCUT2D eigenvalue weighted by Gasteiger charge is 2.15. The summed E-state index contributed by atoms with van der Waals surface area (Å²) in [4.78, 5) is 35.9. The first-order valence-corrected chi connectivity index (χ1v) is 11.7. The predicted molar refractivity (Wildman–Crippen MR) is 141 cm³/mol. The van der Waals surface area contributed by atoms with Crippen molar-refractivity contribution in [3.63, 3.8) is 0 Å². The highest BCUT2D eigenvalue weighted by Crippen LogP contribution is 2.21. The molecule has 192 valence electrons. The number of esters is 2. The molecule has 36 heavy (non-hydrogen) atoms. The van der Waals surface area contributed by atoms with E-state index < -0.39 is 17.7 Å². The van der Waals surface area contributed by atoms with Crippen LogP contribution in [0, 0.1) is 0 Å². The van der Waals surface area contributed by atoms with Gasteiger partial charge in [0.1, 0.15) is 0 Å². The third kappa shape index (κ3) is 8.70. The molecule has 2 N–H and O–H groups in total. The number of halogens is 3. The molecule has 11 nitrogen and oxygen atoms in total. The van der Waals surface area contributed by atoms with Gasteiger partial charge in [-0.25, -0.2) is 19.1 Å². The molecular weight excluding hydrogens is 579 g/mol. The molecule has 0 saturated carbocycles. The predicted octanol–water partition coefficient (Wildman–Crippen LogP) is 4.07. The fourth-order valence-electron chi connectivity index (χ4n) is 2.35. The second-order valence-electron chi connectivity index (χ2n) is 6.84. The van der Waals surface area contributed by atoms with Crippen LogP contribution >= 0.6 is 39.1 Å². The van der Waals surface area contributed by atoms with Gasteiger partial charge in [0.25, 0.3) is 0 Å². The molecule has 0 saturated heterocycles. The van der Waals surface area contributed by atoms with Crippen LogP contribution in [-0.2, 0) is 19.1 Å². The molecule has 0 bridgehead atoms. The molecule has 0 radical (unpaired) electrons. The fraction of sp³-hybridized carbons (Fsp3) is 0.227. The van der Waals surface area contributed by atoms with Gasteiger partial charge in [0.15, 0.2) is 27.5 Å². The van der Waals surface area contributed by atoms with Crippen molar-refractivity contribution in [1.82, 2.24) is 24.8 Å². The number of Topliss-reactive ketones (excluding diaryl/α,β-unsaturated/α-hetero) is 1. The standard InChI is InChI=1S/C11H10ClN3O2.C7H8ClN3.C4H5BrO3/c1-6(2)7-4-9(12)14-15-5-8(11(16)17-3)13-10(7)15;1-4(2)5-3-6(8)10-11-7(5)9;1-8-4(7)3(6)2-5/h4-5H,1H2,2-3H3;3H,1H2,2H3,(H2,9,11);2H2,1H3. The van der Waals surface area contributed by atoms with Crippen LogP contribution in [-0.4, -0.2) is 62.1 Å². The van der Waals surface area contributed by atoms with Gasteiger partial charge >= 0.3 is 11.9 Å². The molecule has 0 aliphatic carbocycles. The Kier molecular flexibility index (Phi) is 12.2. The Morgan fingerprint density at radius 1 is 1.03 bits per heavy atom. The first kappa shape index (κ1) is 30.7. The van der Waals surface area contributed by atoms with Crippen LogP contribution in [0.1, 0.15) is 35.5 Å². The van der Waals surface area contributed by atoms with E-state index in [9.17, 15) is 14.4 Å². The number of alkyl halides is 1. The van der Waals surface area contributed by atoms with Crippen LogP contribution < -0.4 is 5.73 Å². The van der Waals surface area contributed by atoms with Crippen LogP contribution in [0.3, 0.4) is 0 Å². The number of carbonyl (C=O) groups excluding carboxylic acids is 3. The number of fused-ring (bicyclic) bond motifs is 1. The van der Waals surface area contributed by atoms with Gasteiger partial charge in [-0.15, -0.1) is 10.2 Å². The molecule has 0 aliphatic rings. The van der Waals surface area contributed by atoms with Crippen molar-refractivity contribution in [3.05, 3.63) is 58.6 Å². The zero-order chi connectivity index (χ0) is 27.6. The van der Waals surface area contributed by atoms with E-state index in [0.29, 0.717) is 21.8 Å². The SMILES string of the molecule is C=C(C)c1cc(Cl)nn2cc(C(=O)OC)nc12.C=C(C)c1cc(Cl)nnc1N.COC(=O)C(=O)CBr.